The van der Waals surface area contributed by atoms with Crippen LogP contribution in [0.1, 0.15) is 24.1 Å². The van der Waals surface area contributed by atoms with Crippen molar-refractivity contribution in [3.05, 3.63) is 69.5 Å². The predicted molar refractivity (Wildman–Crippen MR) is 78.1 cm³/mol. The maximum Gasteiger partial charge on any atom is 0.125 e. The first-order valence-electron chi connectivity index (χ1n) is 5.98. The molecule has 19 heavy (non-hydrogen) atoms. The maximum absolute atomic E-state index is 13.2. The molecule has 1 atom stereocenters. The van der Waals surface area contributed by atoms with Gasteiger partial charge in [-0.1, -0.05) is 35.3 Å². The van der Waals surface area contributed by atoms with Crippen LogP contribution >= 0.6 is 23.2 Å². The van der Waals surface area contributed by atoms with E-state index in [-0.39, 0.29) is 11.9 Å². The first-order chi connectivity index (χ1) is 9.04. The number of halogens is 3. The van der Waals surface area contributed by atoms with Crippen LogP contribution in [-0.4, -0.2) is 0 Å². The summed E-state index contributed by atoms with van der Waals surface area (Å²) in [4.78, 5) is 0. The van der Waals surface area contributed by atoms with E-state index in [0.29, 0.717) is 16.6 Å². The summed E-state index contributed by atoms with van der Waals surface area (Å²) in [5, 5.41) is 4.43. The van der Waals surface area contributed by atoms with Gasteiger partial charge in [0.1, 0.15) is 5.82 Å². The Balaban J connectivity index is 2.02. The van der Waals surface area contributed by atoms with Gasteiger partial charge in [-0.3, -0.25) is 0 Å². The van der Waals surface area contributed by atoms with Gasteiger partial charge in [0.2, 0.25) is 0 Å². The van der Waals surface area contributed by atoms with Crippen molar-refractivity contribution in [1.29, 1.82) is 0 Å². The van der Waals surface area contributed by atoms with Crippen LogP contribution in [0.5, 0.6) is 0 Å². The lowest BCUT2D eigenvalue weighted by Crippen LogP contribution is -2.18. The Labute approximate surface area is 122 Å². The standard InChI is InChI=1S/C15H14Cl2FN/c1-10(12-3-2-4-13(16)7-12)19-9-11-5-14(17)8-15(18)6-11/h2-8,10,19H,9H2,1H3/t10-/m0/s1. The van der Waals surface area contributed by atoms with Crippen molar-refractivity contribution in [2.75, 3.05) is 0 Å². The summed E-state index contributed by atoms with van der Waals surface area (Å²) in [5.74, 6) is -0.320. The zero-order chi connectivity index (χ0) is 13.8. The second-order valence-corrected chi connectivity index (χ2v) is 5.31. The van der Waals surface area contributed by atoms with E-state index < -0.39 is 0 Å². The van der Waals surface area contributed by atoms with Gasteiger partial charge in [-0.15, -0.1) is 0 Å². The van der Waals surface area contributed by atoms with Gasteiger partial charge in [0.15, 0.2) is 0 Å². The zero-order valence-corrected chi connectivity index (χ0v) is 12.0. The molecular weight excluding hydrogens is 284 g/mol. The zero-order valence-electron chi connectivity index (χ0n) is 10.5. The van der Waals surface area contributed by atoms with E-state index in [9.17, 15) is 4.39 Å². The van der Waals surface area contributed by atoms with Gasteiger partial charge in [-0.25, -0.2) is 4.39 Å². The van der Waals surface area contributed by atoms with E-state index in [0.717, 1.165) is 11.1 Å². The number of hydrogen-bond donors (Lipinski definition) is 1. The van der Waals surface area contributed by atoms with Crippen LogP contribution in [0.4, 0.5) is 4.39 Å². The first kappa shape index (κ1) is 14.3. The SMILES string of the molecule is C[C@H](NCc1cc(F)cc(Cl)c1)c1cccc(Cl)c1. The van der Waals surface area contributed by atoms with Gasteiger partial charge in [0.05, 0.1) is 0 Å². The highest BCUT2D eigenvalue weighted by Gasteiger charge is 2.06. The van der Waals surface area contributed by atoms with Gasteiger partial charge in [0, 0.05) is 22.6 Å². The van der Waals surface area contributed by atoms with Gasteiger partial charge < -0.3 is 5.32 Å². The monoisotopic (exact) mass is 297 g/mol. The number of rotatable bonds is 4. The average molecular weight is 298 g/mol. The Morgan fingerprint density at radius 2 is 1.89 bits per heavy atom. The number of hydrogen-bond acceptors (Lipinski definition) is 1. The van der Waals surface area contributed by atoms with Crippen LogP contribution in [-0.2, 0) is 6.54 Å². The molecule has 0 aliphatic carbocycles. The van der Waals surface area contributed by atoms with Crippen molar-refractivity contribution in [2.45, 2.75) is 19.5 Å². The second kappa shape index (κ2) is 6.38. The summed E-state index contributed by atoms with van der Waals surface area (Å²) >= 11 is 11.8. The molecule has 0 aliphatic rings. The normalized spacial score (nSPS) is 12.4. The molecule has 0 fully saturated rings. The molecule has 4 heteroatoms. The Kier molecular flexibility index (Phi) is 4.81. The van der Waals surface area contributed by atoms with Gasteiger partial charge in [-0.2, -0.15) is 0 Å². The number of benzene rings is 2. The summed E-state index contributed by atoms with van der Waals surface area (Å²) in [7, 11) is 0. The molecule has 0 saturated heterocycles. The summed E-state index contributed by atoms with van der Waals surface area (Å²) < 4.78 is 13.2. The average Bonchev–Trinajstić information content (AvgIpc) is 2.35. The minimum Gasteiger partial charge on any atom is -0.306 e. The highest BCUT2D eigenvalue weighted by atomic mass is 35.5. The molecule has 2 aromatic rings. The quantitative estimate of drug-likeness (QED) is 0.839. The van der Waals surface area contributed by atoms with Crippen LogP contribution in [0.2, 0.25) is 10.0 Å². The van der Waals surface area contributed by atoms with Crippen LogP contribution in [0.25, 0.3) is 0 Å². The smallest absolute Gasteiger partial charge is 0.125 e. The summed E-state index contributed by atoms with van der Waals surface area (Å²) in [5.41, 5.74) is 1.91. The largest absolute Gasteiger partial charge is 0.306 e. The van der Waals surface area contributed by atoms with E-state index >= 15 is 0 Å². The molecule has 0 aliphatic heterocycles. The van der Waals surface area contributed by atoms with E-state index in [1.165, 1.54) is 12.1 Å². The Morgan fingerprint density at radius 1 is 1.11 bits per heavy atom. The molecule has 0 saturated carbocycles. The maximum atomic E-state index is 13.2. The van der Waals surface area contributed by atoms with Crippen LogP contribution < -0.4 is 5.32 Å². The summed E-state index contributed by atoms with van der Waals surface area (Å²) in [6.07, 6.45) is 0. The van der Waals surface area contributed by atoms with Crippen LogP contribution in [0.15, 0.2) is 42.5 Å². The first-order valence-corrected chi connectivity index (χ1v) is 6.74. The molecule has 0 radical (unpaired) electrons. The van der Waals surface area contributed by atoms with Crippen molar-refractivity contribution < 1.29 is 4.39 Å². The Bertz CT molecular complexity index is 552. The number of nitrogens with one attached hydrogen (secondary N) is 1. The van der Waals surface area contributed by atoms with Crippen LogP contribution in [0.3, 0.4) is 0 Å². The fourth-order valence-electron chi connectivity index (χ4n) is 1.88. The summed E-state index contributed by atoms with van der Waals surface area (Å²) in [6, 6.07) is 12.3. The topological polar surface area (TPSA) is 12.0 Å². The molecule has 2 rings (SSSR count). The third-order valence-electron chi connectivity index (χ3n) is 2.88. The van der Waals surface area contributed by atoms with Crippen molar-refractivity contribution in [3.63, 3.8) is 0 Å². The second-order valence-electron chi connectivity index (χ2n) is 4.44. The van der Waals surface area contributed by atoms with E-state index in [4.69, 9.17) is 23.2 Å². The highest BCUT2D eigenvalue weighted by molar-refractivity contribution is 6.30. The highest BCUT2D eigenvalue weighted by Crippen LogP contribution is 2.19. The van der Waals surface area contributed by atoms with Gasteiger partial charge >= 0.3 is 0 Å². The fraction of sp³-hybridized carbons (Fsp3) is 0.200. The van der Waals surface area contributed by atoms with E-state index in [2.05, 4.69) is 5.32 Å². The van der Waals surface area contributed by atoms with Crippen molar-refractivity contribution in [2.24, 2.45) is 0 Å². The minimum absolute atomic E-state index is 0.126. The minimum atomic E-state index is -0.320. The Hall–Kier alpha value is -1.09. The molecule has 0 bridgehead atoms. The molecule has 1 nitrogen and oxygen atoms in total. The molecule has 0 unspecified atom stereocenters. The summed E-state index contributed by atoms with van der Waals surface area (Å²) in [6.45, 7) is 2.58. The van der Waals surface area contributed by atoms with Crippen molar-refractivity contribution in [3.8, 4) is 0 Å². The molecule has 100 valence electrons. The van der Waals surface area contributed by atoms with Gasteiger partial charge in [-0.05, 0) is 48.4 Å². The van der Waals surface area contributed by atoms with E-state index in [1.54, 1.807) is 6.07 Å². The third kappa shape index (κ3) is 4.20. The molecule has 0 aromatic heterocycles. The predicted octanol–water partition coefficient (Wildman–Crippen LogP) is 4.98. The third-order valence-corrected chi connectivity index (χ3v) is 3.34. The fourth-order valence-corrected chi connectivity index (χ4v) is 2.32. The van der Waals surface area contributed by atoms with Gasteiger partial charge in [0.25, 0.3) is 0 Å². The van der Waals surface area contributed by atoms with Crippen LogP contribution in [0, 0.1) is 5.82 Å². The molecule has 1 N–H and O–H groups in total. The molecular formula is C15H14Cl2FN. The molecule has 0 heterocycles. The molecule has 2 aromatic carbocycles. The van der Waals surface area contributed by atoms with Crippen molar-refractivity contribution >= 4 is 23.2 Å². The lowest BCUT2D eigenvalue weighted by atomic mass is 10.1. The Morgan fingerprint density at radius 3 is 2.58 bits per heavy atom. The lowest BCUT2D eigenvalue weighted by Gasteiger charge is -2.14. The van der Waals surface area contributed by atoms with Crippen molar-refractivity contribution in [1.82, 2.24) is 5.32 Å². The lowest BCUT2D eigenvalue weighted by molar-refractivity contribution is 0.569. The van der Waals surface area contributed by atoms with E-state index in [1.807, 2.05) is 31.2 Å². The molecule has 0 amide bonds. The molecule has 0 spiro atoms.